The quantitative estimate of drug-likeness (QED) is 0.813. The van der Waals surface area contributed by atoms with Crippen LogP contribution in [0, 0.1) is 12.8 Å². The molecule has 1 atom stereocenters. The van der Waals surface area contributed by atoms with Crippen molar-refractivity contribution in [2.45, 2.75) is 66.7 Å². The molecular formula is C17H31N3O. The van der Waals surface area contributed by atoms with Crippen LogP contribution in [0.2, 0.25) is 0 Å². The van der Waals surface area contributed by atoms with E-state index in [1.807, 2.05) is 6.92 Å². The zero-order chi connectivity index (χ0) is 16.0. The average Bonchev–Trinajstić information content (AvgIpc) is 2.39. The van der Waals surface area contributed by atoms with Gasteiger partial charge in [-0.3, -0.25) is 0 Å². The minimum absolute atomic E-state index is 0.0922. The van der Waals surface area contributed by atoms with Crippen molar-refractivity contribution in [2.75, 3.05) is 18.5 Å². The summed E-state index contributed by atoms with van der Waals surface area (Å²) in [5.41, 5.74) is 0.902. The Hall–Kier alpha value is -1.32. The maximum absolute atomic E-state index is 5.98. The van der Waals surface area contributed by atoms with Gasteiger partial charge in [0, 0.05) is 12.0 Å². The lowest BCUT2D eigenvalue weighted by atomic mass is 9.95. The topological polar surface area (TPSA) is 47.0 Å². The summed E-state index contributed by atoms with van der Waals surface area (Å²) in [7, 11) is 0. The molecule has 1 N–H and O–H groups in total. The molecule has 0 spiro atoms. The van der Waals surface area contributed by atoms with E-state index < -0.39 is 0 Å². The van der Waals surface area contributed by atoms with Crippen molar-refractivity contribution in [3.05, 3.63) is 11.4 Å². The molecule has 0 aliphatic heterocycles. The maximum Gasteiger partial charge on any atom is 0.221 e. The molecule has 0 saturated heterocycles. The number of ether oxygens (including phenoxy) is 1. The first-order chi connectivity index (χ1) is 9.79. The van der Waals surface area contributed by atoms with E-state index in [1.165, 1.54) is 12.8 Å². The predicted octanol–water partition coefficient (Wildman–Crippen LogP) is 4.33. The van der Waals surface area contributed by atoms with Crippen molar-refractivity contribution in [1.29, 1.82) is 0 Å². The van der Waals surface area contributed by atoms with Crippen molar-refractivity contribution in [3.63, 3.8) is 0 Å². The van der Waals surface area contributed by atoms with Gasteiger partial charge < -0.3 is 10.1 Å². The molecule has 21 heavy (non-hydrogen) atoms. The lowest BCUT2D eigenvalue weighted by Gasteiger charge is -2.21. The van der Waals surface area contributed by atoms with Crippen LogP contribution >= 0.6 is 0 Å². The van der Waals surface area contributed by atoms with Gasteiger partial charge in [-0.05, 0) is 26.2 Å². The highest BCUT2D eigenvalue weighted by Crippen LogP contribution is 2.28. The Kier molecular flexibility index (Phi) is 6.43. The van der Waals surface area contributed by atoms with Crippen molar-refractivity contribution in [1.82, 2.24) is 9.97 Å². The molecule has 4 heteroatoms. The van der Waals surface area contributed by atoms with Gasteiger partial charge in [0.1, 0.15) is 11.6 Å². The summed E-state index contributed by atoms with van der Waals surface area (Å²) in [4.78, 5) is 9.30. The largest absolute Gasteiger partial charge is 0.477 e. The molecule has 0 radical (unpaired) electrons. The zero-order valence-corrected chi connectivity index (χ0v) is 14.7. The molecule has 0 fully saturated rings. The average molecular weight is 293 g/mol. The molecule has 0 saturated carbocycles. The van der Waals surface area contributed by atoms with Gasteiger partial charge in [-0.15, -0.1) is 0 Å². The molecule has 4 nitrogen and oxygen atoms in total. The third-order valence-corrected chi connectivity index (χ3v) is 3.40. The van der Waals surface area contributed by atoms with Crippen LogP contribution in [-0.2, 0) is 5.41 Å². The Morgan fingerprint density at radius 3 is 2.38 bits per heavy atom. The standard InChI is InChI=1S/C17H31N3O/c1-8-10-12(3)11-21-15-13(4)14(18-9-2)19-16(20-15)17(5,6)7/h12H,8-11H2,1-7H3,(H,18,19,20). The highest BCUT2D eigenvalue weighted by Gasteiger charge is 2.22. The summed E-state index contributed by atoms with van der Waals surface area (Å²) in [6.45, 7) is 16.4. The Morgan fingerprint density at radius 1 is 1.19 bits per heavy atom. The lowest BCUT2D eigenvalue weighted by molar-refractivity contribution is 0.239. The first-order valence-corrected chi connectivity index (χ1v) is 8.05. The van der Waals surface area contributed by atoms with Crippen molar-refractivity contribution >= 4 is 5.82 Å². The summed E-state index contributed by atoms with van der Waals surface area (Å²) in [6.07, 6.45) is 2.36. The number of anilines is 1. The first-order valence-electron chi connectivity index (χ1n) is 8.05. The molecule has 120 valence electrons. The Balaban J connectivity index is 3.02. The molecule has 1 aromatic heterocycles. The predicted molar refractivity (Wildman–Crippen MR) is 89.2 cm³/mol. The Bertz CT molecular complexity index is 452. The number of aromatic nitrogens is 2. The second-order valence-electron chi connectivity index (χ2n) is 6.81. The summed E-state index contributed by atoms with van der Waals surface area (Å²) in [5, 5.41) is 3.31. The van der Waals surface area contributed by atoms with Gasteiger partial charge in [0.05, 0.1) is 12.2 Å². The highest BCUT2D eigenvalue weighted by molar-refractivity contribution is 5.49. The van der Waals surface area contributed by atoms with Crippen LogP contribution in [0.1, 0.15) is 65.8 Å². The van der Waals surface area contributed by atoms with Crippen LogP contribution in [0.4, 0.5) is 5.82 Å². The SMILES string of the molecule is CCCC(C)COc1nc(C(C)(C)C)nc(NCC)c1C. The minimum Gasteiger partial charge on any atom is -0.477 e. The second kappa shape index (κ2) is 7.62. The van der Waals surface area contributed by atoms with Crippen LogP contribution in [0.3, 0.4) is 0 Å². The second-order valence-corrected chi connectivity index (χ2v) is 6.81. The van der Waals surface area contributed by atoms with Gasteiger partial charge in [0.2, 0.25) is 5.88 Å². The number of hydrogen-bond donors (Lipinski definition) is 1. The van der Waals surface area contributed by atoms with E-state index in [0.29, 0.717) is 18.4 Å². The molecule has 1 heterocycles. The van der Waals surface area contributed by atoms with E-state index in [0.717, 1.165) is 23.8 Å². The van der Waals surface area contributed by atoms with Crippen molar-refractivity contribution < 1.29 is 4.74 Å². The number of rotatable bonds is 7. The van der Waals surface area contributed by atoms with E-state index >= 15 is 0 Å². The van der Waals surface area contributed by atoms with E-state index in [1.54, 1.807) is 0 Å². The smallest absolute Gasteiger partial charge is 0.221 e. The highest BCUT2D eigenvalue weighted by atomic mass is 16.5. The number of nitrogens with one attached hydrogen (secondary N) is 1. The fraction of sp³-hybridized carbons (Fsp3) is 0.765. The van der Waals surface area contributed by atoms with E-state index in [-0.39, 0.29) is 5.41 Å². The van der Waals surface area contributed by atoms with Crippen molar-refractivity contribution in [2.24, 2.45) is 5.92 Å². The maximum atomic E-state index is 5.98. The number of nitrogens with zero attached hydrogens (tertiary/aromatic N) is 2. The van der Waals surface area contributed by atoms with Crippen LogP contribution in [0.25, 0.3) is 0 Å². The number of hydrogen-bond acceptors (Lipinski definition) is 4. The molecule has 0 aliphatic rings. The minimum atomic E-state index is -0.0922. The monoisotopic (exact) mass is 293 g/mol. The van der Waals surface area contributed by atoms with Crippen LogP contribution < -0.4 is 10.1 Å². The van der Waals surface area contributed by atoms with Crippen LogP contribution in [0.5, 0.6) is 5.88 Å². The van der Waals surface area contributed by atoms with Crippen LogP contribution in [-0.4, -0.2) is 23.1 Å². The third kappa shape index (κ3) is 5.18. The van der Waals surface area contributed by atoms with Gasteiger partial charge in [-0.1, -0.05) is 41.0 Å². The Labute approximate surface area is 129 Å². The molecule has 1 aromatic rings. The van der Waals surface area contributed by atoms with Gasteiger partial charge in [-0.25, -0.2) is 4.98 Å². The van der Waals surface area contributed by atoms with Gasteiger partial charge in [-0.2, -0.15) is 4.98 Å². The summed E-state index contributed by atoms with van der Waals surface area (Å²) in [6, 6.07) is 0. The van der Waals surface area contributed by atoms with Crippen molar-refractivity contribution in [3.8, 4) is 5.88 Å². The summed E-state index contributed by atoms with van der Waals surface area (Å²) in [5.74, 6) is 2.97. The summed E-state index contributed by atoms with van der Waals surface area (Å²) >= 11 is 0. The molecular weight excluding hydrogens is 262 g/mol. The van der Waals surface area contributed by atoms with Gasteiger partial charge in [0.25, 0.3) is 0 Å². The molecule has 0 aliphatic carbocycles. The molecule has 1 unspecified atom stereocenters. The molecule has 0 bridgehead atoms. The molecule has 0 amide bonds. The van der Waals surface area contributed by atoms with Gasteiger partial charge >= 0.3 is 0 Å². The van der Waals surface area contributed by atoms with E-state index in [9.17, 15) is 0 Å². The zero-order valence-electron chi connectivity index (χ0n) is 14.7. The first kappa shape index (κ1) is 17.7. The van der Waals surface area contributed by atoms with E-state index in [2.05, 4.69) is 56.8 Å². The van der Waals surface area contributed by atoms with E-state index in [4.69, 9.17) is 4.74 Å². The normalized spacial score (nSPS) is 13.1. The fourth-order valence-corrected chi connectivity index (χ4v) is 2.11. The van der Waals surface area contributed by atoms with Gasteiger partial charge in [0.15, 0.2) is 0 Å². The third-order valence-electron chi connectivity index (χ3n) is 3.40. The fourth-order valence-electron chi connectivity index (χ4n) is 2.11. The van der Waals surface area contributed by atoms with Crippen LogP contribution in [0.15, 0.2) is 0 Å². The lowest BCUT2D eigenvalue weighted by Crippen LogP contribution is -2.20. The molecule has 0 aromatic carbocycles. The molecule has 1 rings (SSSR count). The Morgan fingerprint density at radius 2 is 1.86 bits per heavy atom. The summed E-state index contributed by atoms with van der Waals surface area (Å²) < 4.78 is 5.98.